The second kappa shape index (κ2) is 37.1. The quantitative estimate of drug-likeness (QED) is 0.0410. The normalized spacial score (nSPS) is 11.9. The van der Waals surface area contributed by atoms with Crippen LogP contribution in [0.4, 0.5) is 0 Å². The predicted molar refractivity (Wildman–Crippen MR) is 188 cm³/mol. The van der Waals surface area contributed by atoms with E-state index < -0.39 is 10.1 Å². The van der Waals surface area contributed by atoms with Gasteiger partial charge in [-0.3, -0.25) is 4.18 Å². The Labute approximate surface area is 305 Å². The molecule has 0 heterocycles. The zero-order chi connectivity index (χ0) is 35.2. The first-order valence-corrected chi connectivity index (χ1v) is 19.5. The van der Waals surface area contributed by atoms with Crippen molar-refractivity contribution in [2.75, 3.05) is 170 Å². The lowest BCUT2D eigenvalue weighted by Gasteiger charge is -2.09. The van der Waals surface area contributed by atoms with Crippen molar-refractivity contribution in [3.8, 4) is 0 Å². The van der Waals surface area contributed by atoms with E-state index in [9.17, 15) is 8.42 Å². The van der Waals surface area contributed by atoms with Crippen LogP contribution in [0.25, 0.3) is 0 Å². The highest BCUT2D eigenvalue weighted by atomic mass is 127. The summed E-state index contributed by atoms with van der Waals surface area (Å²) in [6, 6.07) is 7.98. The Morgan fingerprint density at radius 1 is 0.347 bits per heavy atom. The number of benzene rings is 1. The van der Waals surface area contributed by atoms with Gasteiger partial charge in [-0.1, -0.05) is 40.8 Å². The first kappa shape index (κ1) is 46.4. The van der Waals surface area contributed by atoms with E-state index in [1.54, 1.807) is 18.2 Å². The van der Waals surface area contributed by atoms with Crippen LogP contribution in [0.2, 0.25) is 0 Å². The molecule has 1 aromatic carbocycles. The van der Waals surface area contributed by atoms with Crippen LogP contribution in [-0.2, 0) is 71.1 Å². The number of halogens is 1. The summed E-state index contributed by atoms with van der Waals surface area (Å²) in [6.07, 6.45) is 0. The largest absolute Gasteiger partial charge is 0.378 e. The van der Waals surface area contributed by atoms with Crippen LogP contribution in [0.3, 0.4) is 0 Å². The van der Waals surface area contributed by atoms with Gasteiger partial charge in [-0.05, 0) is 12.1 Å². The van der Waals surface area contributed by atoms with Crippen molar-refractivity contribution in [1.82, 2.24) is 0 Å². The molecular weight excluding hydrogens is 783 g/mol. The fourth-order valence-electron chi connectivity index (χ4n) is 3.43. The monoisotopic (exact) mass is 840 g/mol. The summed E-state index contributed by atoms with van der Waals surface area (Å²) < 4.78 is 95.0. The highest BCUT2D eigenvalue weighted by molar-refractivity contribution is 14.1. The van der Waals surface area contributed by atoms with E-state index in [2.05, 4.69) is 22.6 Å². The van der Waals surface area contributed by atoms with Gasteiger partial charge >= 0.3 is 0 Å². The SMILES string of the molecule is O=S(=O)(OCCOCCOCCOCCOCCOCCOCCOCCOCCOCCOCCOCCOCCI)c1ccccc1. The van der Waals surface area contributed by atoms with E-state index >= 15 is 0 Å². The third kappa shape index (κ3) is 33.0. The van der Waals surface area contributed by atoms with Crippen LogP contribution >= 0.6 is 22.6 Å². The van der Waals surface area contributed by atoms with E-state index in [1.807, 2.05) is 0 Å². The molecule has 0 aromatic heterocycles. The molecule has 288 valence electrons. The van der Waals surface area contributed by atoms with Gasteiger partial charge in [0.2, 0.25) is 0 Å². The highest BCUT2D eigenvalue weighted by Crippen LogP contribution is 2.10. The van der Waals surface area contributed by atoms with Gasteiger partial charge in [0.25, 0.3) is 10.1 Å². The van der Waals surface area contributed by atoms with Gasteiger partial charge in [0, 0.05) is 4.43 Å². The Bertz CT molecular complexity index is 902. The van der Waals surface area contributed by atoms with E-state index in [0.29, 0.717) is 145 Å². The van der Waals surface area contributed by atoms with Crippen molar-refractivity contribution in [2.45, 2.75) is 4.90 Å². The van der Waals surface area contributed by atoms with Gasteiger partial charge in [-0.15, -0.1) is 0 Å². The fraction of sp³-hybridized carbons (Fsp3) is 0.812. The lowest BCUT2D eigenvalue weighted by atomic mass is 10.4. The maximum absolute atomic E-state index is 12.0. The van der Waals surface area contributed by atoms with E-state index in [4.69, 9.17) is 61.0 Å². The zero-order valence-corrected chi connectivity index (χ0v) is 31.7. The number of alkyl halides is 1. The topological polar surface area (TPSA) is 154 Å². The third-order valence-corrected chi connectivity index (χ3v) is 7.58. The predicted octanol–water partition coefficient (Wildman–Crippen LogP) is 2.03. The summed E-state index contributed by atoms with van der Waals surface area (Å²) in [6.45, 7) is 11.6. The molecule has 49 heavy (non-hydrogen) atoms. The average Bonchev–Trinajstić information content (AvgIpc) is 3.11. The molecular formula is C32H57IO15S. The van der Waals surface area contributed by atoms with Crippen LogP contribution in [0.15, 0.2) is 35.2 Å². The van der Waals surface area contributed by atoms with E-state index in [1.165, 1.54) is 12.1 Å². The molecule has 0 unspecified atom stereocenters. The Kier molecular flexibility index (Phi) is 35.2. The molecule has 17 heteroatoms. The number of rotatable bonds is 40. The molecule has 0 aliphatic heterocycles. The van der Waals surface area contributed by atoms with Crippen LogP contribution in [0, 0.1) is 0 Å². The standard InChI is InChI=1S/C32H57IO15S/c33-6-7-36-8-9-37-10-11-38-12-13-39-14-15-40-16-17-41-18-19-42-20-21-43-22-23-44-24-25-45-26-27-46-28-29-47-30-31-48-49(34,35)32-4-2-1-3-5-32/h1-5H,6-31H2. The molecule has 0 radical (unpaired) electrons. The van der Waals surface area contributed by atoms with Crippen molar-refractivity contribution in [2.24, 2.45) is 0 Å². The second-order valence-corrected chi connectivity index (χ2v) is 12.3. The van der Waals surface area contributed by atoms with Gasteiger partial charge in [0.05, 0.1) is 170 Å². The minimum absolute atomic E-state index is 0.0593. The Morgan fingerprint density at radius 2 is 0.571 bits per heavy atom. The number of hydrogen-bond donors (Lipinski definition) is 0. The van der Waals surface area contributed by atoms with Gasteiger partial charge in [0.15, 0.2) is 0 Å². The van der Waals surface area contributed by atoms with Gasteiger partial charge in [-0.25, -0.2) is 0 Å². The fourth-order valence-corrected chi connectivity index (χ4v) is 4.66. The Morgan fingerprint density at radius 3 is 0.816 bits per heavy atom. The van der Waals surface area contributed by atoms with Crippen LogP contribution < -0.4 is 0 Å². The Balaban J connectivity index is 1.65. The molecule has 0 bridgehead atoms. The van der Waals surface area contributed by atoms with Gasteiger partial charge in [-0.2, -0.15) is 8.42 Å². The van der Waals surface area contributed by atoms with E-state index in [0.717, 1.165) is 11.0 Å². The molecule has 1 rings (SSSR count). The minimum Gasteiger partial charge on any atom is -0.378 e. The molecule has 0 aliphatic rings. The highest BCUT2D eigenvalue weighted by Gasteiger charge is 2.13. The van der Waals surface area contributed by atoms with Crippen molar-refractivity contribution in [3.63, 3.8) is 0 Å². The molecule has 0 N–H and O–H groups in total. The van der Waals surface area contributed by atoms with Gasteiger partial charge < -0.3 is 56.8 Å². The van der Waals surface area contributed by atoms with Crippen molar-refractivity contribution >= 4 is 32.7 Å². The van der Waals surface area contributed by atoms with Crippen molar-refractivity contribution in [3.05, 3.63) is 30.3 Å². The van der Waals surface area contributed by atoms with Gasteiger partial charge in [0.1, 0.15) is 0 Å². The third-order valence-electron chi connectivity index (χ3n) is 5.81. The lowest BCUT2D eigenvalue weighted by Crippen LogP contribution is -2.16. The van der Waals surface area contributed by atoms with Crippen molar-refractivity contribution in [1.29, 1.82) is 0 Å². The molecule has 0 spiro atoms. The summed E-state index contributed by atoms with van der Waals surface area (Å²) in [7, 11) is -3.76. The van der Waals surface area contributed by atoms with Crippen molar-refractivity contribution < 1.29 is 69.4 Å². The average molecular weight is 841 g/mol. The number of hydrogen-bond acceptors (Lipinski definition) is 15. The molecule has 0 saturated carbocycles. The molecule has 0 aliphatic carbocycles. The molecule has 0 fully saturated rings. The second-order valence-electron chi connectivity index (χ2n) is 9.63. The number of ether oxygens (including phenoxy) is 12. The summed E-state index contributed by atoms with van der Waals surface area (Å²) in [5.41, 5.74) is 0. The van der Waals surface area contributed by atoms with Crippen LogP contribution in [-0.4, -0.2) is 178 Å². The van der Waals surface area contributed by atoms with Crippen LogP contribution in [0.5, 0.6) is 0 Å². The summed E-state index contributed by atoms with van der Waals surface area (Å²) in [4.78, 5) is 0.120. The maximum atomic E-state index is 12.0. The summed E-state index contributed by atoms with van der Waals surface area (Å²) >= 11 is 2.27. The first-order valence-electron chi connectivity index (χ1n) is 16.6. The molecule has 0 saturated heterocycles. The molecule has 15 nitrogen and oxygen atoms in total. The molecule has 1 aromatic rings. The molecule has 0 atom stereocenters. The van der Waals surface area contributed by atoms with E-state index in [-0.39, 0.29) is 18.1 Å². The lowest BCUT2D eigenvalue weighted by molar-refractivity contribution is -0.0284. The Hall–Kier alpha value is -0.620. The summed E-state index contributed by atoms with van der Waals surface area (Å²) in [5.74, 6) is 0. The molecule has 0 amide bonds. The maximum Gasteiger partial charge on any atom is 0.297 e. The van der Waals surface area contributed by atoms with Crippen LogP contribution in [0.1, 0.15) is 0 Å². The summed E-state index contributed by atoms with van der Waals surface area (Å²) in [5, 5.41) is 0. The smallest absolute Gasteiger partial charge is 0.297 e. The first-order chi connectivity index (χ1) is 24.2. The minimum atomic E-state index is -3.76. The zero-order valence-electron chi connectivity index (χ0n) is 28.7.